The molecule has 4 heterocycles. The third-order valence-electron chi connectivity index (χ3n) is 12.8. The van der Waals surface area contributed by atoms with Gasteiger partial charge in [-0.2, -0.15) is 0 Å². The lowest BCUT2D eigenvalue weighted by atomic mass is 9.63. The monoisotopic (exact) mass is 848 g/mol. The SMILES string of the molecule is COc1nn(C)cc1C(=O)N[S@@]1(=O)=NC(=O)c2ccc3c(c2)N(C[C@@H]2CC[C@H]2[C@@](O)(CC(=O)N2CCOCC2)/C=C/C[C@H](C)C1)C[C@@]1(CCCc2cc(Cl)ccc21)CO3. The van der Waals surface area contributed by atoms with Gasteiger partial charge in [-0.05, 0) is 97.7 Å². The smallest absolute Gasteiger partial charge is 0.286 e. The van der Waals surface area contributed by atoms with Crippen molar-refractivity contribution in [2.75, 3.05) is 63.8 Å². The topological polar surface area (TPSA) is 165 Å². The van der Waals surface area contributed by atoms with Gasteiger partial charge in [0.05, 0.1) is 50.4 Å². The van der Waals surface area contributed by atoms with Gasteiger partial charge in [-0.25, -0.2) is 4.21 Å². The summed E-state index contributed by atoms with van der Waals surface area (Å²) in [6.07, 6.45) is 9.63. The van der Waals surface area contributed by atoms with Crippen LogP contribution in [0.15, 0.2) is 59.1 Å². The molecule has 6 atom stereocenters. The average Bonchev–Trinajstić information content (AvgIpc) is 3.51. The van der Waals surface area contributed by atoms with Crippen LogP contribution in [0.25, 0.3) is 0 Å². The highest BCUT2D eigenvalue weighted by molar-refractivity contribution is 7.92. The molecule has 1 saturated carbocycles. The van der Waals surface area contributed by atoms with Gasteiger partial charge in [0.15, 0.2) is 0 Å². The maximum atomic E-state index is 14.8. The maximum absolute atomic E-state index is 14.8. The Labute approximate surface area is 350 Å². The third-order valence-corrected chi connectivity index (χ3v) is 15.0. The fourth-order valence-corrected chi connectivity index (χ4v) is 11.8. The Morgan fingerprint density at radius 3 is 2.73 bits per heavy atom. The van der Waals surface area contributed by atoms with E-state index in [2.05, 4.69) is 25.1 Å². The van der Waals surface area contributed by atoms with Gasteiger partial charge in [-0.15, -0.1) is 9.46 Å². The molecule has 5 aliphatic rings. The Hall–Kier alpha value is -4.44. The summed E-state index contributed by atoms with van der Waals surface area (Å²) in [6, 6.07) is 11.2. The number of methoxy groups -OCH3 is 1. The number of rotatable bonds is 5. The highest BCUT2D eigenvalue weighted by Gasteiger charge is 2.49. The van der Waals surface area contributed by atoms with E-state index in [1.54, 1.807) is 36.2 Å². The highest BCUT2D eigenvalue weighted by atomic mass is 35.5. The summed E-state index contributed by atoms with van der Waals surface area (Å²) in [5.41, 5.74) is 1.46. The number of carbonyl (C=O) groups is 3. The highest BCUT2D eigenvalue weighted by Crippen LogP contribution is 2.49. The van der Waals surface area contributed by atoms with Crippen molar-refractivity contribution >= 4 is 44.9 Å². The van der Waals surface area contributed by atoms with Crippen molar-refractivity contribution in [3.8, 4) is 11.6 Å². The summed E-state index contributed by atoms with van der Waals surface area (Å²) < 4.78 is 40.5. The number of anilines is 1. The third kappa shape index (κ3) is 8.48. The molecule has 3 amide bonds. The number of fused-ring (bicyclic) bond motifs is 4. The molecule has 1 aromatic heterocycles. The number of halogens is 1. The van der Waals surface area contributed by atoms with Gasteiger partial charge in [0.2, 0.25) is 11.8 Å². The summed E-state index contributed by atoms with van der Waals surface area (Å²) in [5, 5.41) is 17.5. The standard InChI is InChI=1S/C43H53ClN6O8S/c1-28-6-4-15-43(54,22-38(51)49-16-18-57-19-17-49)35-11-8-31(35)23-50-26-42(14-5-7-29-20-32(44)10-12-34(29)42)27-58-37-13-9-30(21-36(37)50)39(52)46-59(55,25-28)47-40(53)33-24-48(2)45-41(33)56-3/h4,9-10,12-13,15,20-21,24,28,31,35,54H,5-8,11,14,16-19,22-23,25-27H2,1-3H3,(H,46,47,52,53,55)/b15-4+/t28-,31-,35+,42-,43-,59-/m0/s1. The van der Waals surface area contributed by atoms with Crippen molar-refractivity contribution in [3.05, 3.63) is 82.0 Å². The van der Waals surface area contributed by atoms with E-state index in [4.69, 9.17) is 25.8 Å². The number of aliphatic hydroxyl groups is 1. The van der Waals surface area contributed by atoms with Crippen LogP contribution in [0.3, 0.4) is 0 Å². The van der Waals surface area contributed by atoms with Crippen molar-refractivity contribution in [2.24, 2.45) is 29.2 Å². The molecular formula is C43H53ClN6O8S. The normalized spacial score (nSPS) is 30.1. The zero-order chi connectivity index (χ0) is 41.5. The van der Waals surface area contributed by atoms with Gasteiger partial charge >= 0.3 is 0 Å². The van der Waals surface area contributed by atoms with Crippen LogP contribution in [0.5, 0.6) is 11.6 Å². The zero-order valence-electron chi connectivity index (χ0n) is 33.9. The van der Waals surface area contributed by atoms with Crippen LogP contribution in [0.2, 0.25) is 5.02 Å². The number of nitrogens with one attached hydrogen (secondary N) is 1. The number of morpholine rings is 1. The van der Waals surface area contributed by atoms with Gasteiger partial charge in [0.25, 0.3) is 11.8 Å². The molecular weight excluding hydrogens is 796 g/mol. The van der Waals surface area contributed by atoms with Crippen LogP contribution in [-0.4, -0.2) is 106 Å². The number of allylic oxidation sites excluding steroid dienone is 1. The Morgan fingerprint density at radius 2 is 1.97 bits per heavy atom. The molecule has 2 fully saturated rings. The molecule has 8 rings (SSSR count). The van der Waals surface area contributed by atoms with E-state index < -0.39 is 32.7 Å². The van der Waals surface area contributed by atoms with Gasteiger partial charge in [-0.3, -0.25) is 23.8 Å². The lowest BCUT2D eigenvalue weighted by molar-refractivity contribution is -0.143. The number of hydrogen-bond acceptors (Lipinski definition) is 10. The first-order valence-corrected chi connectivity index (χ1v) is 22.6. The molecule has 1 spiro atoms. The predicted octanol–water partition coefficient (Wildman–Crippen LogP) is 5.11. The zero-order valence-corrected chi connectivity index (χ0v) is 35.4. The van der Waals surface area contributed by atoms with Crippen LogP contribution in [0, 0.1) is 17.8 Å². The second-order valence-corrected chi connectivity index (χ2v) is 19.4. The fraction of sp³-hybridized carbons (Fsp3) is 0.535. The van der Waals surface area contributed by atoms with Crippen molar-refractivity contribution in [1.82, 2.24) is 19.4 Å². The molecule has 3 aromatic rings. The molecule has 2 aromatic carbocycles. The number of benzene rings is 2. The number of ether oxygens (including phenoxy) is 3. The summed E-state index contributed by atoms with van der Waals surface area (Å²) in [6.45, 7) is 5.22. The van der Waals surface area contributed by atoms with Crippen molar-refractivity contribution < 1.29 is 37.9 Å². The van der Waals surface area contributed by atoms with E-state index in [9.17, 15) is 23.7 Å². The summed E-state index contributed by atoms with van der Waals surface area (Å²) in [4.78, 5) is 45.7. The average molecular weight is 849 g/mol. The van der Waals surface area contributed by atoms with Crippen molar-refractivity contribution in [1.29, 1.82) is 0 Å². The Morgan fingerprint density at radius 1 is 1.15 bits per heavy atom. The number of amides is 3. The minimum atomic E-state index is -3.74. The Kier molecular flexibility index (Phi) is 11.6. The molecule has 1 saturated heterocycles. The van der Waals surface area contributed by atoms with Gasteiger partial charge < -0.3 is 29.1 Å². The van der Waals surface area contributed by atoms with Crippen molar-refractivity contribution in [3.63, 3.8) is 0 Å². The summed E-state index contributed by atoms with van der Waals surface area (Å²) in [5.74, 6) is -1.72. The molecule has 14 nitrogen and oxygen atoms in total. The molecule has 0 radical (unpaired) electrons. The quantitative estimate of drug-likeness (QED) is 0.330. The number of carbonyl (C=O) groups excluding carboxylic acids is 3. The van der Waals surface area contributed by atoms with E-state index in [1.165, 1.54) is 29.1 Å². The van der Waals surface area contributed by atoms with Gasteiger partial charge in [0, 0.05) is 55.4 Å². The van der Waals surface area contributed by atoms with E-state index in [1.807, 2.05) is 25.1 Å². The van der Waals surface area contributed by atoms with Gasteiger partial charge in [0.1, 0.15) is 21.2 Å². The molecule has 2 N–H and O–H groups in total. The van der Waals surface area contributed by atoms with Crippen molar-refractivity contribution in [2.45, 2.75) is 62.9 Å². The number of hydrogen-bond donors (Lipinski definition) is 2. The number of nitrogens with zero attached hydrogens (tertiary/aromatic N) is 5. The largest absolute Gasteiger partial charge is 0.490 e. The fourth-order valence-electron chi connectivity index (χ4n) is 9.68. The minimum absolute atomic E-state index is 0.0196. The molecule has 16 heteroatoms. The second kappa shape index (κ2) is 16.5. The first kappa shape index (κ1) is 41.3. The van der Waals surface area contributed by atoms with Crippen LogP contribution < -0.4 is 19.1 Å². The predicted molar refractivity (Wildman–Crippen MR) is 223 cm³/mol. The second-order valence-electron chi connectivity index (χ2n) is 17.0. The first-order valence-electron chi connectivity index (χ1n) is 20.5. The van der Waals surface area contributed by atoms with Crippen LogP contribution in [0.1, 0.15) is 77.3 Å². The molecule has 3 aliphatic heterocycles. The van der Waals surface area contributed by atoms with E-state index in [-0.39, 0.29) is 52.8 Å². The van der Waals surface area contributed by atoms with Crippen LogP contribution in [-0.2, 0) is 38.3 Å². The first-order chi connectivity index (χ1) is 28.3. The van der Waals surface area contributed by atoms with Crippen LogP contribution in [0.4, 0.5) is 5.69 Å². The summed E-state index contributed by atoms with van der Waals surface area (Å²) in [7, 11) is -0.731. The van der Waals surface area contributed by atoms with Gasteiger partial charge in [-0.1, -0.05) is 36.7 Å². The van der Waals surface area contributed by atoms with E-state index >= 15 is 0 Å². The Bertz CT molecular complexity index is 2280. The van der Waals surface area contributed by atoms with E-state index in [0.717, 1.165) is 32.1 Å². The molecule has 0 unspecified atom stereocenters. The van der Waals surface area contributed by atoms with Crippen LogP contribution >= 0.6 is 11.6 Å². The summed E-state index contributed by atoms with van der Waals surface area (Å²) >= 11 is 6.49. The Balaban J connectivity index is 1.21. The lowest BCUT2D eigenvalue weighted by Crippen LogP contribution is -2.54. The molecule has 2 aliphatic carbocycles. The molecule has 2 bridgehead atoms. The van der Waals surface area contributed by atoms with E-state index in [0.29, 0.717) is 68.9 Å². The number of aryl methyl sites for hydroxylation is 2. The maximum Gasteiger partial charge on any atom is 0.286 e. The lowest BCUT2D eigenvalue weighted by Gasteiger charge is -2.49. The molecule has 316 valence electrons. The molecule has 59 heavy (non-hydrogen) atoms. The minimum Gasteiger partial charge on any atom is -0.490 e. The number of aromatic nitrogens is 2.